The zero-order valence-corrected chi connectivity index (χ0v) is 9.19. The average molecular weight is 216 g/mol. The fourth-order valence-electron chi connectivity index (χ4n) is 1.59. The zero-order valence-electron chi connectivity index (χ0n) is 8.30. The highest BCUT2D eigenvalue weighted by Crippen LogP contribution is 2.56. The summed E-state index contributed by atoms with van der Waals surface area (Å²) < 4.78 is 25.6. The maximum atomic E-state index is 12.8. The molecule has 1 atom stereocenters. The fraction of sp³-hybridized carbons (Fsp3) is 0.455. The Hall–Kier alpha value is -0.570. The van der Waals surface area contributed by atoms with E-state index in [1.807, 2.05) is 24.3 Å². The number of benzene rings is 1. The van der Waals surface area contributed by atoms with Gasteiger partial charge in [-0.25, -0.2) is 19.7 Å². The Kier molecular flexibility index (Phi) is 2.30. The van der Waals surface area contributed by atoms with Crippen LogP contribution in [0, 0.1) is 0 Å². The highest BCUT2D eigenvalue weighted by molar-refractivity contribution is 8.15. The average Bonchev–Trinajstić information content (AvgIpc) is 2.75. The molecule has 1 aliphatic rings. The molecular formula is C11H14F2S. The molecule has 0 heterocycles. The molecule has 0 aromatic heterocycles. The van der Waals surface area contributed by atoms with Crippen LogP contribution in [0.25, 0.3) is 0 Å². The van der Waals surface area contributed by atoms with E-state index in [4.69, 9.17) is 0 Å². The van der Waals surface area contributed by atoms with Crippen LogP contribution in [0.1, 0.15) is 17.9 Å². The van der Waals surface area contributed by atoms with E-state index in [2.05, 4.69) is 12.5 Å². The molecular weight excluding hydrogens is 202 g/mol. The van der Waals surface area contributed by atoms with Crippen molar-refractivity contribution in [1.29, 1.82) is 0 Å². The Morgan fingerprint density at radius 3 is 2.50 bits per heavy atom. The quantitative estimate of drug-likeness (QED) is 0.719. The molecule has 0 amide bonds. The molecule has 3 heteroatoms. The topological polar surface area (TPSA) is 0 Å². The van der Waals surface area contributed by atoms with E-state index < -0.39 is 11.8 Å². The van der Waals surface area contributed by atoms with Gasteiger partial charge in [-0.1, -0.05) is 18.2 Å². The summed E-state index contributed by atoms with van der Waals surface area (Å²) in [5.41, 5.74) is 0.809. The number of halogens is 2. The Bertz CT molecular complexity index is 347. The first-order chi connectivity index (χ1) is 6.50. The molecule has 0 saturated heterocycles. The molecule has 1 aromatic rings. The number of alkyl halides is 2. The highest BCUT2D eigenvalue weighted by atomic mass is 32.2. The molecule has 2 rings (SSSR count). The lowest BCUT2D eigenvalue weighted by molar-refractivity contribution is 0.112. The van der Waals surface area contributed by atoms with Crippen LogP contribution in [0.15, 0.2) is 29.2 Å². The number of thiol groups is 1. The first-order valence-electron chi connectivity index (χ1n) is 4.66. The Balaban J connectivity index is 2.24. The van der Waals surface area contributed by atoms with Crippen molar-refractivity contribution in [2.45, 2.75) is 23.2 Å². The predicted molar refractivity (Wildman–Crippen MR) is 57.8 cm³/mol. The molecule has 0 spiro atoms. The van der Waals surface area contributed by atoms with Gasteiger partial charge in [0.25, 0.3) is 5.92 Å². The molecule has 0 radical (unpaired) electrons. The summed E-state index contributed by atoms with van der Waals surface area (Å²) in [6.45, 7) is 0. The SMILES string of the molecule is C[SH](C)c1cccc(C2CC2(F)F)c1. The summed E-state index contributed by atoms with van der Waals surface area (Å²) in [5.74, 6) is -2.96. The van der Waals surface area contributed by atoms with Crippen LogP contribution in [0.3, 0.4) is 0 Å². The second kappa shape index (κ2) is 3.23. The van der Waals surface area contributed by atoms with E-state index in [0.29, 0.717) is 0 Å². The largest absolute Gasteiger partial charge is 0.255 e. The van der Waals surface area contributed by atoms with Gasteiger partial charge in [0.15, 0.2) is 0 Å². The third-order valence-corrected chi connectivity index (χ3v) is 3.93. The summed E-state index contributed by atoms with van der Waals surface area (Å²) >= 11 is 0. The van der Waals surface area contributed by atoms with Crippen LogP contribution in [0.5, 0.6) is 0 Å². The number of hydrogen-bond donors (Lipinski definition) is 1. The summed E-state index contributed by atoms with van der Waals surface area (Å²) in [6, 6.07) is 7.67. The van der Waals surface area contributed by atoms with Gasteiger partial charge in [-0.3, -0.25) is 0 Å². The molecule has 1 saturated carbocycles. The van der Waals surface area contributed by atoms with Crippen LogP contribution in [0.4, 0.5) is 8.78 Å². The van der Waals surface area contributed by atoms with Crippen molar-refractivity contribution >= 4 is 10.9 Å². The number of hydrogen-bond acceptors (Lipinski definition) is 0. The van der Waals surface area contributed by atoms with Crippen molar-refractivity contribution in [2.24, 2.45) is 0 Å². The van der Waals surface area contributed by atoms with E-state index >= 15 is 0 Å². The van der Waals surface area contributed by atoms with Crippen molar-refractivity contribution in [1.82, 2.24) is 0 Å². The molecule has 0 nitrogen and oxygen atoms in total. The van der Waals surface area contributed by atoms with Gasteiger partial charge in [-0.15, -0.1) is 0 Å². The minimum Gasteiger partial charge on any atom is -0.233 e. The summed E-state index contributed by atoms with van der Waals surface area (Å²) in [6.07, 6.45) is 4.31. The maximum absolute atomic E-state index is 12.8. The van der Waals surface area contributed by atoms with Crippen LogP contribution < -0.4 is 0 Å². The predicted octanol–water partition coefficient (Wildman–Crippen LogP) is 3.43. The Labute approximate surface area is 85.7 Å². The molecule has 0 N–H and O–H groups in total. The van der Waals surface area contributed by atoms with Crippen molar-refractivity contribution < 1.29 is 8.78 Å². The van der Waals surface area contributed by atoms with Gasteiger partial charge in [0.1, 0.15) is 0 Å². The Morgan fingerprint density at radius 2 is 2.00 bits per heavy atom. The van der Waals surface area contributed by atoms with Crippen LogP contribution in [-0.2, 0) is 0 Å². The van der Waals surface area contributed by atoms with E-state index in [9.17, 15) is 8.78 Å². The molecule has 0 aliphatic heterocycles. The van der Waals surface area contributed by atoms with Crippen molar-refractivity contribution in [3.8, 4) is 0 Å². The van der Waals surface area contributed by atoms with E-state index in [1.165, 1.54) is 4.90 Å². The van der Waals surface area contributed by atoms with Crippen molar-refractivity contribution in [3.05, 3.63) is 29.8 Å². The lowest BCUT2D eigenvalue weighted by Crippen LogP contribution is -1.93. The first kappa shape index (κ1) is 9.97. The fourth-order valence-corrected chi connectivity index (χ4v) is 2.39. The van der Waals surface area contributed by atoms with Gasteiger partial charge in [0.05, 0.1) is 5.92 Å². The summed E-state index contributed by atoms with van der Waals surface area (Å²) in [7, 11) is -0.185. The molecule has 1 unspecified atom stereocenters. The Morgan fingerprint density at radius 1 is 1.36 bits per heavy atom. The minimum atomic E-state index is -2.44. The van der Waals surface area contributed by atoms with Crippen molar-refractivity contribution in [3.63, 3.8) is 0 Å². The molecule has 1 fully saturated rings. The third kappa shape index (κ3) is 1.78. The first-order valence-corrected chi connectivity index (χ1v) is 6.89. The zero-order chi connectivity index (χ0) is 10.3. The van der Waals surface area contributed by atoms with Gasteiger partial charge in [0.2, 0.25) is 0 Å². The maximum Gasteiger partial charge on any atom is 0.255 e. The van der Waals surface area contributed by atoms with Gasteiger partial charge < -0.3 is 0 Å². The van der Waals surface area contributed by atoms with E-state index in [-0.39, 0.29) is 17.3 Å². The molecule has 78 valence electrons. The molecule has 14 heavy (non-hydrogen) atoms. The molecule has 1 aliphatic carbocycles. The van der Waals surface area contributed by atoms with E-state index in [0.717, 1.165) is 5.56 Å². The normalized spacial score (nSPS) is 24.6. The number of rotatable bonds is 2. The monoisotopic (exact) mass is 216 g/mol. The van der Waals surface area contributed by atoms with Gasteiger partial charge in [-0.2, -0.15) is 0 Å². The van der Waals surface area contributed by atoms with Gasteiger partial charge in [0, 0.05) is 6.42 Å². The van der Waals surface area contributed by atoms with E-state index in [1.54, 1.807) is 0 Å². The van der Waals surface area contributed by atoms with Crippen LogP contribution in [-0.4, -0.2) is 18.4 Å². The van der Waals surface area contributed by atoms with Gasteiger partial charge >= 0.3 is 0 Å². The van der Waals surface area contributed by atoms with Crippen LogP contribution >= 0.6 is 10.9 Å². The summed E-state index contributed by atoms with van der Waals surface area (Å²) in [5, 5.41) is 0. The highest BCUT2D eigenvalue weighted by Gasteiger charge is 2.57. The lowest BCUT2D eigenvalue weighted by atomic mass is 10.1. The molecule has 0 bridgehead atoms. The second-order valence-corrected chi connectivity index (χ2v) is 6.31. The van der Waals surface area contributed by atoms with Gasteiger partial charge in [-0.05, 0) is 29.0 Å². The minimum absolute atomic E-state index is 0.0296. The smallest absolute Gasteiger partial charge is 0.233 e. The van der Waals surface area contributed by atoms with Crippen LogP contribution in [0.2, 0.25) is 0 Å². The lowest BCUT2D eigenvalue weighted by Gasteiger charge is -2.10. The second-order valence-electron chi connectivity index (χ2n) is 4.01. The van der Waals surface area contributed by atoms with Crippen molar-refractivity contribution in [2.75, 3.05) is 12.5 Å². The molecule has 1 aromatic carbocycles. The standard InChI is InChI=1S/C11H14F2S/c1-14(2)9-5-3-4-8(6-9)10-7-11(10,12)13/h3-6,10,14H,7H2,1-2H3. The third-order valence-electron chi connectivity index (χ3n) is 2.61. The summed E-state index contributed by atoms with van der Waals surface area (Å²) in [4.78, 5) is 1.21.